The average molecular weight is 384 g/mol. The number of hydrogen-bond donors (Lipinski definition) is 0. The standard InChI is InChI=1S/C20H20N2O4S/c1-15(23)21-14-8-13-20(21)18(16-9-4-2-5-10-16)22(19(20)24)27(25,26)17-11-6-3-7-12-17/h2-7,9-12,18H,8,13-14H2,1H3/t18-,20-/m1/s1. The summed E-state index contributed by atoms with van der Waals surface area (Å²) in [6, 6.07) is 16.3. The van der Waals surface area contributed by atoms with Gasteiger partial charge in [0.1, 0.15) is 11.6 Å². The lowest BCUT2D eigenvalue weighted by Gasteiger charge is -2.56. The number of carbonyl (C=O) groups is 2. The van der Waals surface area contributed by atoms with Crippen molar-refractivity contribution in [3.05, 3.63) is 66.2 Å². The zero-order chi connectivity index (χ0) is 19.2. The van der Waals surface area contributed by atoms with Gasteiger partial charge in [-0.2, -0.15) is 0 Å². The van der Waals surface area contributed by atoms with E-state index in [1.54, 1.807) is 23.1 Å². The number of carbonyl (C=O) groups excluding carboxylic acids is 2. The van der Waals surface area contributed by atoms with Crippen LogP contribution >= 0.6 is 0 Å². The van der Waals surface area contributed by atoms with E-state index < -0.39 is 27.5 Å². The molecule has 140 valence electrons. The van der Waals surface area contributed by atoms with E-state index in [2.05, 4.69) is 0 Å². The van der Waals surface area contributed by atoms with Gasteiger partial charge in [0.15, 0.2) is 0 Å². The maximum absolute atomic E-state index is 13.3. The maximum Gasteiger partial charge on any atom is 0.267 e. The van der Waals surface area contributed by atoms with Crippen LogP contribution in [0.5, 0.6) is 0 Å². The van der Waals surface area contributed by atoms with Crippen molar-refractivity contribution in [2.24, 2.45) is 0 Å². The van der Waals surface area contributed by atoms with Crippen LogP contribution in [0.15, 0.2) is 65.6 Å². The monoisotopic (exact) mass is 384 g/mol. The number of nitrogens with zero attached hydrogens (tertiary/aromatic N) is 2. The number of β-lactam (4-membered cyclic amide) rings is 1. The van der Waals surface area contributed by atoms with E-state index in [0.29, 0.717) is 24.9 Å². The molecule has 2 amide bonds. The zero-order valence-corrected chi connectivity index (χ0v) is 15.7. The third-order valence-corrected chi connectivity index (χ3v) is 7.24. The Hall–Kier alpha value is -2.67. The van der Waals surface area contributed by atoms with Crippen LogP contribution in [0.25, 0.3) is 0 Å². The Bertz CT molecular complexity index is 991. The second kappa shape index (κ2) is 6.20. The topological polar surface area (TPSA) is 74.8 Å². The Morgan fingerprint density at radius 3 is 2.22 bits per heavy atom. The third-order valence-electron chi connectivity index (χ3n) is 5.47. The molecule has 2 saturated heterocycles. The highest BCUT2D eigenvalue weighted by Gasteiger charge is 2.69. The van der Waals surface area contributed by atoms with Crippen LogP contribution in [0.1, 0.15) is 31.4 Å². The molecule has 2 heterocycles. The molecule has 0 saturated carbocycles. The molecule has 2 aromatic carbocycles. The SMILES string of the molecule is CC(=O)N1CCC[C@@]12C(=O)N(S(=O)(=O)c1ccccc1)[C@@H]2c1ccccc1. The third kappa shape index (κ3) is 2.41. The van der Waals surface area contributed by atoms with E-state index in [1.165, 1.54) is 19.1 Å². The number of hydrogen-bond acceptors (Lipinski definition) is 4. The second-order valence-electron chi connectivity index (χ2n) is 6.93. The normalized spacial score (nSPS) is 24.9. The maximum atomic E-state index is 13.3. The summed E-state index contributed by atoms with van der Waals surface area (Å²) in [6.45, 7) is 1.89. The molecule has 6 nitrogen and oxygen atoms in total. The van der Waals surface area contributed by atoms with Crippen molar-refractivity contribution in [2.45, 2.75) is 36.2 Å². The van der Waals surface area contributed by atoms with Crippen molar-refractivity contribution in [1.82, 2.24) is 9.21 Å². The molecule has 0 N–H and O–H groups in total. The molecule has 2 fully saturated rings. The Kier molecular flexibility index (Phi) is 4.07. The molecule has 27 heavy (non-hydrogen) atoms. The predicted octanol–water partition coefficient (Wildman–Crippen LogP) is 2.34. The number of amides is 2. The number of sulfonamides is 1. The highest BCUT2D eigenvalue weighted by Crippen LogP contribution is 2.54. The highest BCUT2D eigenvalue weighted by atomic mass is 32.2. The molecule has 0 radical (unpaired) electrons. The Morgan fingerprint density at radius 2 is 1.63 bits per heavy atom. The van der Waals surface area contributed by atoms with Gasteiger partial charge in [-0.05, 0) is 30.5 Å². The Labute approximate surface area is 158 Å². The highest BCUT2D eigenvalue weighted by molar-refractivity contribution is 7.89. The molecule has 0 aliphatic carbocycles. The first kappa shape index (κ1) is 17.7. The molecule has 1 spiro atoms. The number of benzene rings is 2. The fourth-order valence-electron chi connectivity index (χ4n) is 4.34. The number of rotatable bonds is 3. The molecule has 7 heteroatoms. The van der Waals surface area contributed by atoms with Crippen molar-refractivity contribution in [3.63, 3.8) is 0 Å². The smallest absolute Gasteiger partial charge is 0.267 e. The molecule has 2 aliphatic rings. The fraction of sp³-hybridized carbons (Fsp3) is 0.300. The van der Waals surface area contributed by atoms with Gasteiger partial charge in [0.25, 0.3) is 15.9 Å². The van der Waals surface area contributed by atoms with Gasteiger partial charge in [-0.25, -0.2) is 12.7 Å². The van der Waals surface area contributed by atoms with E-state index in [9.17, 15) is 18.0 Å². The summed E-state index contributed by atoms with van der Waals surface area (Å²) in [7, 11) is -4.02. The lowest BCUT2D eigenvalue weighted by molar-refractivity contribution is -0.168. The van der Waals surface area contributed by atoms with Gasteiger partial charge < -0.3 is 4.90 Å². The first-order valence-electron chi connectivity index (χ1n) is 8.88. The quantitative estimate of drug-likeness (QED) is 0.762. The average Bonchev–Trinajstić information content (AvgIpc) is 3.14. The summed E-state index contributed by atoms with van der Waals surface area (Å²) in [4.78, 5) is 27.1. The van der Waals surface area contributed by atoms with Crippen LogP contribution in [0.4, 0.5) is 0 Å². The lowest BCUT2D eigenvalue weighted by Crippen LogP contribution is -2.74. The Morgan fingerprint density at radius 1 is 1.04 bits per heavy atom. The number of likely N-dealkylation sites (tertiary alicyclic amines) is 1. The van der Waals surface area contributed by atoms with Crippen LogP contribution in [0.2, 0.25) is 0 Å². The van der Waals surface area contributed by atoms with Crippen molar-refractivity contribution in [3.8, 4) is 0 Å². The first-order chi connectivity index (χ1) is 12.9. The lowest BCUT2D eigenvalue weighted by atomic mass is 9.75. The molecule has 0 unspecified atom stereocenters. The van der Waals surface area contributed by atoms with Crippen LogP contribution in [0.3, 0.4) is 0 Å². The van der Waals surface area contributed by atoms with Crippen LogP contribution in [-0.2, 0) is 19.6 Å². The minimum atomic E-state index is -4.02. The van der Waals surface area contributed by atoms with E-state index in [0.717, 1.165) is 4.31 Å². The molecule has 0 aromatic heterocycles. The summed E-state index contributed by atoms with van der Waals surface area (Å²) in [5.74, 6) is -0.730. The van der Waals surface area contributed by atoms with E-state index >= 15 is 0 Å². The van der Waals surface area contributed by atoms with Crippen molar-refractivity contribution in [1.29, 1.82) is 0 Å². The van der Waals surface area contributed by atoms with Gasteiger partial charge in [-0.15, -0.1) is 0 Å². The van der Waals surface area contributed by atoms with Crippen LogP contribution in [0, 0.1) is 0 Å². The minimum Gasteiger partial charge on any atom is -0.326 e. The van der Waals surface area contributed by atoms with Gasteiger partial charge in [-0.3, -0.25) is 9.59 Å². The summed E-state index contributed by atoms with van der Waals surface area (Å²) >= 11 is 0. The van der Waals surface area contributed by atoms with E-state index in [4.69, 9.17) is 0 Å². The van der Waals surface area contributed by atoms with Crippen molar-refractivity contribution < 1.29 is 18.0 Å². The van der Waals surface area contributed by atoms with Crippen molar-refractivity contribution >= 4 is 21.8 Å². The van der Waals surface area contributed by atoms with Gasteiger partial charge in [0.05, 0.1) is 4.90 Å². The van der Waals surface area contributed by atoms with E-state index in [-0.39, 0.29) is 10.8 Å². The van der Waals surface area contributed by atoms with Gasteiger partial charge in [-0.1, -0.05) is 48.5 Å². The molecule has 0 bridgehead atoms. The summed E-state index contributed by atoms with van der Waals surface area (Å²) < 4.78 is 27.4. The van der Waals surface area contributed by atoms with Crippen LogP contribution in [-0.4, -0.2) is 41.5 Å². The molecule has 2 aliphatic heterocycles. The first-order valence-corrected chi connectivity index (χ1v) is 10.3. The summed E-state index contributed by atoms with van der Waals surface area (Å²) in [5, 5.41) is 0. The minimum absolute atomic E-state index is 0.0708. The van der Waals surface area contributed by atoms with Crippen LogP contribution < -0.4 is 0 Å². The molecule has 4 rings (SSSR count). The molecular formula is C20H20N2O4S. The van der Waals surface area contributed by atoms with Gasteiger partial charge in [0, 0.05) is 13.5 Å². The molecule has 2 aromatic rings. The van der Waals surface area contributed by atoms with Gasteiger partial charge in [0.2, 0.25) is 5.91 Å². The fourth-order valence-corrected chi connectivity index (χ4v) is 6.02. The van der Waals surface area contributed by atoms with Gasteiger partial charge >= 0.3 is 0 Å². The summed E-state index contributed by atoms with van der Waals surface area (Å²) in [5.41, 5.74) is -0.403. The zero-order valence-electron chi connectivity index (χ0n) is 14.9. The Balaban J connectivity index is 1.86. The predicted molar refractivity (Wildman–Crippen MR) is 99.0 cm³/mol. The second-order valence-corrected chi connectivity index (χ2v) is 8.75. The molecular weight excluding hydrogens is 364 g/mol. The largest absolute Gasteiger partial charge is 0.326 e. The molecule has 2 atom stereocenters. The van der Waals surface area contributed by atoms with Crippen molar-refractivity contribution in [2.75, 3.05) is 6.54 Å². The van der Waals surface area contributed by atoms with E-state index in [1.807, 2.05) is 30.3 Å². The summed E-state index contributed by atoms with van der Waals surface area (Å²) in [6.07, 6.45) is 1.14.